The van der Waals surface area contributed by atoms with Gasteiger partial charge in [-0.1, -0.05) is 23.7 Å². The Morgan fingerprint density at radius 2 is 1.92 bits per heavy atom. The average molecular weight is 383 g/mol. The molecule has 0 aliphatic carbocycles. The van der Waals surface area contributed by atoms with Gasteiger partial charge in [-0.3, -0.25) is 9.58 Å². The molecule has 0 spiro atoms. The zero-order chi connectivity index (χ0) is 18.0. The summed E-state index contributed by atoms with van der Waals surface area (Å²) in [6, 6.07) is 7.78. The molecule has 0 bridgehead atoms. The zero-order valence-electron chi connectivity index (χ0n) is 14.5. The van der Waals surface area contributed by atoms with Crippen molar-refractivity contribution in [3.63, 3.8) is 0 Å². The van der Waals surface area contributed by atoms with E-state index in [1.165, 1.54) is 0 Å². The van der Waals surface area contributed by atoms with E-state index < -0.39 is 10.0 Å². The Balaban J connectivity index is 1.66. The van der Waals surface area contributed by atoms with Crippen molar-refractivity contribution in [1.29, 1.82) is 0 Å². The standard InChI is InChI=1S/C17H23ClN4O2S/c1-3-21-13-17(14(2)19-21)25(23,24)22-9-7-20(8-10-22)12-15-5-4-6-16(18)11-15/h4-6,11,13H,3,7-10,12H2,1-2H3. The lowest BCUT2D eigenvalue weighted by molar-refractivity contribution is 0.181. The summed E-state index contributed by atoms with van der Waals surface area (Å²) < 4.78 is 29.0. The number of aryl methyl sites for hydroxylation is 2. The number of rotatable bonds is 5. The maximum absolute atomic E-state index is 12.9. The molecule has 0 atom stereocenters. The third-order valence-corrected chi connectivity index (χ3v) is 6.71. The lowest BCUT2D eigenvalue weighted by Crippen LogP contribution is -2.48. The molecule has 0 unspecified atom stereocenters. The van der Waals surface area contributed by atoms with Gasteiger partial charge < -0.3 is 0 Å². The second-order valence-electron chi connectivity index (χ2n) is 6.24. The fraction of sp³-hybridized carbons (Fsp3) is 0.471. The van der Waals surface area contributed by atoms with Crippen LogP contribution in [0.2, 0.25) is 5.02 Å². The molecule has 0 saturated carbocycles. The molecule has 1 fully saturated rings. The molecular formula is C17H23ClN4O2S. The van der Waals surface area contributed by atoms with E-state index >= 15 is 0 Å². The SMILES string of the molecule is CCn1cc(S(=O)(=O)N2CCN(Cc3cccc(Cl)c3)CC2)c(C)n1. The summed E-state index contributed by atoms with van der Waals surface area (Å²) in [6.07, 6.45) is 1.63. The highest BCUT2D eigenvalue weighted by Gasteiger charge is 2.31. The van der Waals surface area contributed by atoms with Gasteiger partial charge in [-0.05, 0) is 31.5 Å². The third-order valence-electron chi connectivity index (χ3n) is 4.47. The van der Waals surface area contributed by atoms with Crippen molar-refractivity contribution in [3.05, 3.63) is 46.7 Å². The number of benzene rings is 1. The normalized spacial score (nSPS) is 17.1. The van der Waals surface area contributed by atoms with Gasteiger partial charge in [0, 0.05) is 50.5 Å². The van der Waals surface area contributed by atoms with E-state index in [0.29, 0.717) is 43.3 Å². The molecule has 6 nitrogen and oxygen atoms in total. The van der Waals surface area contributed by atoms with E-state index in [1.807, 2.05) is 31.2 Å². The van der Waals surface area contributed by atoms with Crippen LogP contribution in [-0.4, -0.2) is 53.6 Å². The molecular weight excluding hydrogens is 360 g/mol. The molecule has 1 saturated heterocycles. The van der Waals surface area contributed by atoms with Gasteiger partial charge in [-0.25, -0.2) is 8.42 Å². The van der Waals surface area contributed by atoms with Crippen LogP contribution in [0.1, 0.15) is 18.2 Å². The van der Waals surface area contributed by atoms with Crippen molar-refractivity contribution in [2.24, 2.45) is 0 Å². The number of halogens is 1. The van der Waals surface area contributed by atoms with Crippen molar-refractivity contribution in [1.82, 2.24) is 19.0 Å². The predicted octanol–water partition coefficient (Wildman–Crippen LogP) is 2.37. The molecule has 136 valence electrons. The van der Waals surface area contributed by atoms with Gasteiger partial charge in [0.25, 0.3) is 0 Å². The molecule has 0 radical (unpaired) electrons. The van der Waals surface area contributed by atoms with E-state index in [2.05, 4.69) is 10.00 Å². The van der Waals surface area contributed by atoms with Crippen LogP contribution in [0.3, 0.4) is 0 Å². The summed E-state index contributed by atoms with van der Waals surface area (Å²) >= 11 is 6.03. The first-order valence-electron chi connectivity index (χ1n) is 8.41. The number of hydrogen-bond donors (Lipinski definition) is 0. The largest absolute Gasteiger partial charge is 0.296 e. The van der Waals surface area contributed by atoms with E-state index in [1.54, 1.807) is 22.1 Å². The zero-order valence-corrected chi connectivity index (χ0v) is 16.1. The number of aromatic nitrogens is 2. The molecule has 1 aliphatic rings. The molecule has 3 rings (SSSR count). The molecule has 0 amide bonds. The molecule has 2 aromatic rings. The summed E-state index contributed by atoms with van der Waals surface area (Å²) in [6.45, 7) is 7.50. The van der Waals surface area contributed by atoms with Gasteiger partial charge in [0.05, 0.1) is 5.69 Å². The van der Waals surface area contributed by atoms with Gasteiger partial charge in [-0.2, -0.15) is 9.40 Å². The van der Waals surface area contributed by atoms with Gasteiger partial charge in [0.15, 0.2) is 0 Å². The smallest absolute Gasteiger partial charge is 0.246 e. The molecule has 8 heteroatoms. The van der Waals surface area contributed by atoms with E-state index in [-0.39, 0.29) is 0 Å². The fourth-order valence-electron chi connectivity index (χ4n) is 3.08. The minimum atomic E-state index is -3.48. The quantitative estimate of drug-likeness (QED) is 0.796. The molecule has 1 aliphatic heterocycles. The van der Waals surface area contributed by atoms with Crippen molar-refractivity contribution in [3.8, 4) is 0 Å². The maximum Gasteiger partial charge on any atom is 0.246 e. The first kappa shape index (κ1) is 18.4. The Hall–Kier alpha value is -1.41. The lowest BCUT2D eigenvalue weighted by atomic mass is 10.2. The number of piperazine rings is 1. The van der Waals surface area contributed by atoms with E-state index in [9.17, 15) is 8.42 Å². The van der Waals surface area contributed by atoms with Gasteiger partial charge in [0.1, 0.15) is 4.90 Å². The van der Waals surface area contributed by atoms with Crippen LogP contribution >= 0.6 is 11.6 Å². The average Bonchev–Trinajstić information content (AvgIpc) is 2.97. The first-order valence-corrected chi connectivity index (χ1v) is 10.2. The Kier molecular flexibility index (Phi) is 5.48. The van der Waals surface area contributed by atoms with Crippen LogP contribution in [0.5, 0.6) is 0 Å². The molecule has 25 heavy (non-hydrogen) atoms. The Morgan fingerprint density at radius 3 is 2.52 bits per heavy atom. The highest BCUT2D eigenvalue weighted by atomic mass is 35.5. The Labute approximate surface area is 154 Å². The van der Waals surface area contributed by atoms with Crippen molar-refractivity contribution >= 4 is 21.6 Å². The van der Waals surface area contributed by atoms with E-state index in [4.69, 9.17) is 11.6 Å². The van der Waals surface area contributed by atoms with Crippen LogP contribution in [-0.2, 0) is 23.1 Å². The minimum absolute atomic E-state index is 0.317. The maximum atomic E-state index is 12.9. The summed E-state index contributed by atoms with van der Waals surface area (Å²) in [5.41, 5.74) is 1.70. The van der Waals surface area contributed by atoms with Crippen molar-refractivity contribution in [2.45, 2.75) is 31.8 Å². The van der Waals surface area contributed by atoms with Crippen LogP contribution in [0.25, 0.3) is 0 Å². The van der Waals surface area contributed by atoms with Crippen LogP contribution in [0.4, 0.5) is 0 Å². The predicted molar refractivity (Wildman–Crippen MR) is 98.1 cm³/mol. The summed E-state index contributed by atoms with van der Waals surface area (Å²) in [7, 11) is -3.48. The number of nitrogens with zero attached hydrogens (tertiary/aromatic N) is 4. The molecule has 1 aromatic carbocycles. The molecule has 1 aromatic heterocycles. The highest BCUT2D eigenvalue weighted by molar-refractivity contribution is 7.89. The lowest BCUT2D eigenvalue weighted by Gasteiger charge is -2.33. The monoisotopic (exact) mass is 382 g/mol. The second-order valence-corrected chi connectivity index (χ2v) is 8.59. The third kappa shape index (κ3) is 4.06. The van der Waals surface area contributed by atoms with Gasteiger partial charge >= 0.3 is 0 Å². The van der Waals surface area contributed by atoms with Crippen molar-refractivity contribution < 1.29 is 8.42 Å². The molecule has 0 N–H and O–H groups in total. The Bertz CT molecular complexity index is 842. The van der Waals surface area contributed by atoms with Gasteiger partial charge in [0.2, 0.25) is 10.0 Å². The summed E-state index contributed by atoms with van der Waals surface area (Å²) in [5, 5.41) is 4.98. The molecule has 2 heterocycles. The minimum Gasteiger partial charge on any atom is -0.296 e. The number of sulfonamides is 1. The topological polar surface area (TPSA) is 58.4 Å². The number of hydrogen-bond acceptors (Lipinski definition) is 4. The van der Waals surface area contributed by atoms with Crippen LogP contribution in [0, 0.1) is 6.92 Å². The van der Waals surface area contributed by atoms with E-state index in [0.717, 1.165) is 17.1 Å². The fourth-order valence-corrected chi connectivity index (χ4v) is 4.88. The summed E-state index contributed by atoms with van der Waals surface area (Å²) in [4.78, 5) is 2.57. The van der Waals surface area contributed by atoms with Crippen LogP contribution < -0.4 is 0 Å². The van der Waals surface area contributed by atoms with Crippen molar-refractivity contribution in [2.75, 3.05) is 26.2 Å². The Morgan fingerprint density at radius 1 is 1.20 bits per heavy atom. The first-order chi connectivity index (χ1) is 11.9. The highest BCUT2D eigenvalue weighted by Crippen LogP contribution is 2.21. The second kappa shape index (κ2) is 7.45. The summed E-state index contributed by atoms with van der Waals surface area (Å²) in [5.74, 6) is 0. The van der Waals surface area contributed by atoms with Gasteiger partial charge in [-0.15, -0.1) is 0 Å². The van der Waals surface area contributed by atoms with Crippen LogP contribution in [0.15, 0.2) is 35.4 Å².